The summed E-state index contributed by atoms with van der Waals surface area (Å²) in [4.78, 5) is 18.0. The van der Waals surface area contributed by atoms with E-state index in [0.29, 0.717) is 0 Å². The van der Waals surface area contributed by atoms with Crippen molar-refractivity contribution >= 4 is 23.1 Å². The number of benzene rings is 1. The molecule has 20 heavy (non-hydrogen) atoms. The van der Waals surface area contributed by atoms with Gasteiger partial charge < -0.3 is 5.32 Å². The Hall–Kier alpha value is -2.21. The van der Waals surface area contributed by atoms with Gasteiger partial charge in [-0.25, -0.2) is 4.98 Å². The number of anilines is 1. The molecule has 1 aromatic carbocycles. The Labute approximate surface area is 120 Å². The highest BCUT2D eigenvalue weighted by molar-refractivity contribution is 6.28. The van der Waals surface area contributed by atoms with Crippen LogP contribution in [0.5, 0.6) is 0 Å². The van der Waals surface area contributed by atoms with Crippen LogP contribution in [0, 0.1) is 10.1 Å². The lowest BCUT2D eigenvalue weighted by atomic mass is 10.1. The van der Waals surface area contributed by atoms with E-state index in [1.807, 2.05) is 12.1 Å². The van der Waals surface area contributed by atoms with E-state index in [0.717, 1.165) is 19.0 Å². The molecule has 0 aliphatic heterocycles. The van der Waals surface area contributed by atoms with Gasteiger partial charge in [0.2, 0.25) is 11.1 Å². The van der Waals surface area contributed by atoms with Crippen molar-refractivity contribution < 1.29 is 4.92 Å². The van der Waals surface area contributed by atoms with Crippen molar-refractivity contribution in [2.24, 2.45) is 0 Å². The van der Waals surface area contributed by atoms with E-state index >= 15 is 0 Å². The number of rotatable bonds is 3. The molecule has 0 bridgehead atoms. The van der Waals surface area contributed by atoms with Crippen molar-refractivity contribution in [1.29, 1.82) is 0 Å². The lowest BCUT2D eigenvalue weighted by molar-refractivity contribution is -0.384. The summed E-state index contributed by atoms with van der Waals surface area (Å²) in [6, 6.07) is 8.20. The van der Waals surface area contributed by atoms with Gasteiger partial charge in [0.1, 0.15) is 6.20 Å². The first-order valence-electron chi connectivity index (χ1n) is 6.14. The van der Waals surface area contributed by atoms with Crippen LogP contribution in [-0.4, -0.2) is 20.9 Å². The first kappa shape index (κ1) is 12.8. The van der Waals surface area contributed by atoms with Gasteiger partial charge >= 0.3 is 5.69 Å². The zero-order valence-electron chi connectivity index (χ0n) is 10.4. The van der Waals surface area contributed by atoms with Crippen molar-refractivity contribution in [1.82, 2.24) is 9.97 Å². The molecule has 0 saturated heterocycles. The normalized spacial score (nSPS) is 14.1. The lowest BCUT2D eigenvalue weighted by Gasteiger charge is -2.12. The highest BCUT2D eigenvalue weighted by Crippen LogP contribution is 2.28. The summed E-state index contributed by atoms with van der Waals surface area (Å²) in [5.41, 5.74) is 2.35. The second-order valence-electron chi connectivity index (χ2n) is 4.65. The highest BCUT2D eigenvalue weighted by atomic mass is 35.5. The Kier molecular flexibility index (Phi) is 3.23. The number of hydrogen-bond acceptors (Lipinski definition) is 5. The molecule has 7 heteroatoms. The summed E-state index contributed by atoms with van der Waals surface area (Å²) in [6.45, 7) is 0. The molecule has 1 aliphatic carbocycles. The number of fused-ring (bicyclic) bond motifs is 1. The molecule has 1 aromatic heterocycles. The fourth-order valence-electron chi connectivity index (χ4n) is 2.45. The minimum absolute atomic E-state index is 0.00592. The van der Waals surface area contributed by atoms with Crippen molar-refractivity contribution in [2.75, 3.05) is 5.32 Å². The predicted octanol–water partition coefficient (Wildman–Crippen LogP) is 2.62. The van der Waals surface area contributed by atoms with Gasteiger partial charge in [0.15, 0.2) is 0 Å². The third-order valence-electron chi connectivity index (χ3n) is 3.33. The third kappa shape index (κ3) is 2.42. The van der Waals surface area contributed by atoms with Crippen LogP contribution in [0.4, 0.5) is 11.5 Å². The molecule has 0 saturated carbocycles. The van der Waals surface area contributed by atoms with E-state index < -0.39 is 4.92 Å². The van der Waals surface area contributed by atoms with Crippen LogP contribution < -0.4 is 5.32 Å². The molecule has 0 unspecified atom stereocenters. The summed E-state index contributed by atoms with van der Waals surface area (Å²) in [5.74, 6) is 0.174. The Bertz CT molecular complexity index is 652. The van der Waals surface area contributed by atoms with Crippen molar-refractivity contribution in [3.63, 3.8) is 0 Å². The smallest absolute Gasteiger partial charge is 0.329 e. The second-order valence-corrected chi connectivity index (χ2v) is 4.99. The molecule has 0 amide bonds. The highest BCUT2D eigenvalue weighted by Gasteiger charge is 2.25. The Morgan fingerprint density at radius 3 is 2.55 bits per heavy atom. The first-order valence-corrected chi connectivity index (χ1v) is 6.51. The van der Waals surface area contributed by atoms with E-state index in [9.17, 15) is 10.1 Å². The maximum Gasteiger partial charge on any atom is 0.329 e. The average Bonchev–Trinajstić information content (AvgIpc) is 2.80. The minimum Gasteiger partial charge on any atom is -0.361 e. The Morgan fingerprint density at radius 2 is 1.95 bits per heavy atom. The molecule has 6 nitrogen and oxygen atoms in total. The third-order valence-corrected chi connectivity index (χ3v) is 3.51. The van der Waals surface area contributed by atoms with Gasteiger partial charge in [0.25, 0.3) is 0 Å². The van der Waals surface area contributed by atoms with Crippen LogP contribution in [0.2, 0.25) is 5.28 Å². The Balaban J connectivity index is 1.83. The van der Waals surface area contributed by atoms with Crippen LogP contribution in [0.25, 0.3) is 0 Å². The summed E-state index contributed by atoms with van der Waals surface area (Å²) in [6.07, 6.45) is 2.75. The minimum atomic E-state index is -0.513. The second kappa shape index (κ2) is 5.05. The van der Waals surface area contributed by atoms with Gasteiger partial charge in [-0.3, -0.25) is 10.1 Å². The monoisotopic (exact) mass is 290 g/mol. The van der Waals surface area contributed by atoms with E-state index in [2.05, 4.69) is 27.4 Å². The fraction of sp³-hybridized carbons (Fsp3) is 0.231. The number of aromatic nitrogens is 2. The van der Waals surface area contributed by atoms with Crippen LogP contribution in [0.3, 0.4) is 0 Å². The number of nitrogens with one attached hydrogen (secondary N) is 1. The molecule has 102 valence electrons. The summed E-state index contributed by atoms with van der Waals surface area (Å²) in [5, 5.41) is 14.1. The van der Waals surface area contributed by atoms with Gasteiger partial charge in [0.05, 0.1) is 4.92 Å². The van der Waals surface area contributed by atoms with Crippen molar-refractivity contribution in [3.05, 3.63) is 57.0 Å². The molecule has 3 rings (SSSR count). The van der Waals surface area contributed by atoms with Gasteiger partial charge in [-0.15, -0.1) is 0 Å². The molecular formula is C13H11ClN4O2. The lowest BCUT2D eigenvalue weighted by Crippen LogP contribution is -2.21. The summed E-state index contributed by atoms with van der Waals surface area (Å²) in [7, 11) is 0. The zero-order chi connectivity index (χ0) is 14.1. The fourth-order valence-corrected chi connectivity index (χ4v) is 2.58. The molecule has 0 radical (unpaired) electrons. The number of nitrogens with zero attached hydrogens (tertiary/aromatic N) is 3. The topological polar surface area (TPSA) is 81.0 Å². The quantitative estimate of drug-likeness (QED) is 0.534. The predicted molar refractivity (Wildman–Crippen MR) is 75.0 cm³/mol. The zero-order valence-corrected chi connectivity index (χ0v) is 11.2. The molecule has 0 fully saturated rings. The molecule has 1 heterocycles. The molecule has 0 atom stereocenters. The van der Waals surface area contributed by atoms with E-state index in [1.165, 1.54) is 11.1 Å². The van der Waals surface area contributed by atoms with Gasteiger partial charge in [-0.1, -0.05) is 24.3 Å². The maximum absolute atomic E-state index is 11.0. The van der Waals surface area contributed by atoms with Gasteiger partial charge in [0, 0.05) is 6.04 Å². The molecule has 2 aromatic rings. The number of halogens is 1. The van der Waals surface area contributed by atoms with Crippen molar-refractivity contribution in [2.45, 2.75) is 18.9 Å². The van der Waals surface area contributed by atoms with Crippen LogP contribution in [0.15, 0.2) is 30.5 Å². The SMILES string of the molecule is O=[N+]([O-])c1cnc(Cl)nc1NC1Cc2ccccc2C1. The van der Waals surface area contributed by atoms with E-state index in [4.69, 9.17) is 11.6 Å². The summed E-state index contributed by atoms with van der Waals surface area (Å²) < 4.78 is 0. The summed E-state index contributed by atoms with van der Waals surface area (Å²) >= 11 is 5.71. The van der Waals surface area contributed by atoms with Gasteiger partial charge in [-0.2, -0.15) is 4.98 Å². The van der Waals surface area contributed by atoms with Crippen LogP contribution in [-0.2, 0) is 12.8 Å². The largest absolute Gasteiger partial charge is 0.361 e. The molecule has 1 aliphatic rings. The Morgan fingerprint density at radius 1 is 1.30 bits per heavy atom. The van der Waals surface area contributed by atoms with Crippen LogP contribution in [0.1, 0.15) is 11.1 Å². The molecular weight excluding hydrogens is 280 g/mol. The first-order chi connectivity index (χ1) is 9.63. The standard InChI is InChI=1S/C13H11ClN4O2/c14-13-15-7-11(18(19)20)12(17-13)16-10-5-8-3-1-2-4-9(8)6-10/h1-4,7,10H,5-6H2,(H,15,16,17). The molecule has 0 spiro atoms. The van der Waals surface area contributed by atoms with Crippen molar-refractivity contribution in [3.8, 4) is 0 Å². The number of hydrogen-bond donors (Lipinski definition) is 1. The average molecular weight is 291 g/mol. The van der Waals surface area contributed by atoms with Crippen LogP contribution >= 0.6 is 11.6 Å². The van der Waals surface area contributed by atoms with E-state index in [-0.39, 0.29) is 22.8 Å². The number of nitro groups is 1. The van der Waals surface area contributed by atoms with Gasteiger partial charge in [-0.05, 0) is 35.6 Å². The molecule has 1 N–H and O–H groups in total. The maximum atomic E-state index is 11.0. The van der Waals surface area contributed by atoms with E-state index in [1.54, 1.807) is 0 Å².